The zero-order valence-electron chi connectivity index (χ0n) is 18.6. The first-order valence-corrected chi connectivity index (χ1v) is 11.2. The molecule has 29 heavy (non-hydrogen) atoms. The molecule has 3 N–H and O–H groups in total. The van der Waals surface area contributed by atoms with E-state index in [0.29, 0.717) is 25.7 Å². The quantitative estimate of drug-likeness (QED) is 0.230. The lowest BCUT2D eigenvalue weighted by Crippen LogP contribution is -2.56. The molecule has 0 spiro atoms. The molecular weight excluding hydrogens is 483 g/mol. The van der Waals surface area contributed by atoms with Gasteiger partial charge < -0.3 is 25.2 Å². The maximum atomic E-state index is 10.2. The van der Waals surface area contributed by atoms with Crippen molar-refractivity contribution in [3.63, 3.8) is 0 Å². The molecule has 0 aromatic carbocycles. The van der Waals surface area contributed by atoms with Crippen molar-refractivity contribution >= 4 is 29.9 Å². The Morgan fingerprint density at radius 2 is 1.83 bits per heavy atom. The Morgan fingerprint density at radius 1 is 1.14 bits per heavy atom. The van der Waals surface area contributed by atoms with Gasteiger partial charge in [-0.2, -0.15) is 0 Å². The number of halogens is 1. The van der Waals surface area contributed by atoms with Crippen LogP contribution in [-0.4, -0.2) is 86.8 Å². The smallest absolute Gasteiger partial charge is 0.191 e. The number of guanidine groups is 1. The third-order valence-electron chi connectivity index (χ3n) is 5.61. The Morgan fingerprint density at radius 3 is 2.45 bits per heavy atom. The van der Waals surface area contributed by atoms with Gasteiger partial charge in [0.2, 0.25) is 0 Å². The van der Waals surface area contributed by atoms with Crippen LogP contribution in [0.25, 0.3) is 0 Å². The van der Waals surface area contributed by atoms with Crippen LogP contribution in [0.15, 0.2) is 4.99 Å². The van der Waals surface area contributed by atoms with Crippen LogP contribution in [0.1, 0.15) is 52.9 Å². The highest BCUT2D eigenvalue weighted by atomic mass is 127. The molecule has 2 aliphatic rings. The minimum absolute atomic E-state index is 0. The van der Waals surface area contributed by atoms with E-state index in [1.165, 1.54) is 32.1 Å². The van der Waals surface area contributed by atoms with Gasteiger partial charge in [-0.3, -0.25) is 9.89 Å². The molecule has 0 aromatic rings. The van der Waals surface area contributed by atoms with Crippen LogP contribution in [0.2, 0.25) is 0 Å². The average molecular weight is 527 g/mol. The van der Waals surface area contributed by atoms with E-state index in [1.807, 2.05) is 0 Å². The first-order chi connectivity index (χ1) is 13.6. The third-order valence-corrected chi connectivity index (χ3v) is 5.61. The van der Waals surface area contributed by atoms with Crippen molar-refractivity contribution in [3.05, 3.63) is 0 Å². The zero-order chi connectivity index (χ0) is 20.2. The second kappa shape index (κ2) is 14.8. The van der Waals surface area contributed by atoms with Gasteiger partial charge in [0.15, 0.2) is 5.96 Å². The molecule has 1 saturated heterocycles. The molecule has 0 bridgehead atoms. The minimum atomic E-state index is -0.537. The van der Waals surface area contributed by atoms with E-state index in [4.69, 9.17) is 14.5 Å². The van der Waals surface area contributed by atoms with E-state index in [-0.39, 0.29) is 29.5 Å². The topological polar surface area (TPSA) is 78.4 Å². The predicted octanol–water partition coefficient (Wildman–Crippen LogP) is 2.23. The van der Waals surface area contributed by atoms with Gasteiger partial charge in [0.05, 0.1) is 32.5 Å². The Kier molecular flexibility index (Phi) is 13.7. The standard InChI is InChI=1S/C21H42N4O3.HI/c1-4-22-20(23-14-19(26)16-28-15-18(2)3)24-17-21(8-6-5-7-9-21)25-10-12-27-13-11-25;/h18-19,26H,4-17H2,1-3H3,(H2,22,23,24);1H. The molecule has 2 fully saturated rings. The number of aliphatic imine (C=N–C) groups is 1. The molecule has 8 heteroatoms. The minimum Gasteiger partial charge on any atom is -0.389 e. The van der Waals surface area contributed by atoms with Crippen LogP contribution < -0.4 is 10.6 Å². The normalized spacial score (nSPS) is 21.5. The van der Waals surface area contributed by atoms with Crippen LogP contribution in [0.4, 0.5) is 0 Å². The van der Waals surface area contributed by atoms with Crippen LogP contribution in [-0.2, 0) is 9.47 Å². The molecular formula is C21H43IN4O3. The summed E-state index contributed by atoms with van der Waals surface area (Å²) in [5, 5.41) is 16.8. The van der Waals surface area contributed by atoms with Crippen LogP contribution >= 0.6 is 24.0 Å². The summed E-state index contributed by atoms with van der Waals surface area (Å²) >= 11 is 0. The number of hydrogen-bond donors (Lipinski definition) is 3. The number of nitrogens with zero attached hydrogens (tertiary/aromatic N) is 2. The Labute approximate surface area is 194 Å². The summed E-state index contributed by atoms with van der Waals surface area (Å²) in [6, 6.07) is 0. The molecule has 1 atom stereocenters. The maximum Gasteiger partial charge on any atom is 0.191 e. The molecule has 0 radical (unpaired) electrons. The SMILES string of the molecule is CCNC(=NCC1(N2CCOCC2)CCCCC1)NCC(O)COCC(C)C.I. The number of ether oxygens (including phenoxy) is 2. The summed E-state index contributed by atoms with van der Waals surface area (Å²) in [4.78, 5) is 7.53. The molecule has 2 rings (SSSR count). The van der Waals surface area contributed by atoms with Gasteiger partial charge in [-0.05, 0) is 25.7 Å². The van der Waals surface area contributed by atoms with Gasteiger partial charge in [0, 0.05) is 38.3 Å². The Bertz CT molecular complexity index is 453. The molecule has 1 aliphatic heterocycles. The largest absolute Gasteiger partial charge is 0.389 e. The molecule has 1 heterocycles. The van der Waals surface area contributed by atoms with E-state index >= 15 is 0 Å². The number of morpholine rings is 1. The monoisotopic (exact) mass is 526 g/mol. The number of hydrogen-bond acceptors (Lipinski definition) is 5. The van der Waals surface area contributed by atoms with Crippen molar-refractivity contribution in [2.24, 2.45) is 10.9 Å². The van der Waals surface area contributed by atoms with Gasteiger partial charge >= 0.3 is 0 Å². The van der Waals surface area contributed by atoms with Gasteiger partial charge in [-0.15, -0.1) is 24.0 Å². The van der Waals surface area contributed by atoms with Crippen molar-refractivity contribution in [2.45, 2.75) is 64.5 Å². The molecule has 172 valence electrons. The van der Waals surface area contributed by atoms with Gasteiger partial charge in [-0.1, -0.05) is 33.1 Å². The molecule has 7 nitrogen and oxygen atoms in total. The van der Waals surface area contributed by atoms with Gasteiger partial charge in [0.1, 0.15) is 0 Å². The summed E-state index contributed by atoms with van der Waals surface area (Å²) in [7, 11) is 0. The summed E-state index contributed by atoms with van der Waals surface area (Å²) in [6.45, 7) is 13.0. The van der Waals surface area contributed by atoms with E-state index < -0.39 is 6.10 Å². The van der Waals surface area contributed by atoms with Crippen molar-refractivity contribution in [1.29, 1.82) is 0 Å². The lowest BCUT2D eigenvalue weighted by atomic mass is 9.80. The van der Waals surface area contributed by atoms with Crippen LogP contribution in [0.3, 0.4) is 0 Å². The maximum absolute atomic E-state index is 10.2. The zero-order valence-corrected chi connectivity index (χ0v) is 21.0. The molecule has 1 saturated carbocycles. The Hall–Kier alpha value is -0.160. The number of aliphatic hydroxyl groups is 1. The average Bonchev–Trinajstić information content (AvgIpc) is 2.71. The van der Waals surface area contributed by atoms with E-state index in [1.54, 1.807) is 0 Å². The van der Waals surface area contributed by atoms with Gasteiger partial charge in [-0.25, -0.2) is 0 Å². The molecule has 1 unspecified atom stereocenters. The fourth-order valence-corrected chi connectivity index (χ4v) is 4.10. The lowest BCUT2D eigenvalue weighted by Gasteiger charge is -2.47. The molecule has 0 aromatic heterocycles. The van der Waals surface area contributed by atoms with Gasteiger partial charge in [0.25, 0.3) is 0 Å². The van der Waals surface area contributed by atoms with Crippen molar-refractivity contribution < 1.29 is 14.6 Å². The van der Waals surface area contributed by atoms with Crippen LogP contribution in [0.5, 0.6) is 0 Å². The second-order valence-electron chi connectivity index (χ2n) is 8.55. The van der Waals surface area contributed by atoms with E-state index in [9.17, 15) is 5.11 Å². The van der Waals surface area contributed by atoms with Crippen molar-refractivity contribution in [2.75, 3.05) is 59.2 Å². The number of nitrogens with one attached hydrogen (secondary N) is 2. The first kappa shape index (κ1) is 26.9. The first-order valence-electron chi connectivity index (χ1n) is 11.2. The Balaban J connectivity index is 0.00000420. The lowest BCUT2D eigenvalue weighted by molar-refractivity contribution is -0.0333. The second-order valence-corrected chi connectivity index (χ2v) is 8.55. The number of aliphatic hydroxyl groups excluding tert-OH is 1. The van der Waals surface area contributed by atoms with Crippen LogP contribution in [0, 0.1) is 5.92 Å². The fraction of sp³-hybridized carbons (Fsp3) is 0.952. The summed E-state index contributed by atoms with van der Waals surface area (Å²) in [5.41, 5.74) is 0.156. The molecule has 1 aliphatic carbocycles. The third kappa shape index (κ3) is 9.67. The van der Waals surface area contributed by atoms with E-state index in [2.05, 4.69) is 36.3 Å². The van der Waals surface area contributed by atoms with Crippen molar-refractivity contribution in [3.8, 4) is 0 Å². The molecule has 0 amide bonds. The highest BCUT2D eigenvalue weighted by Crippen LogP contribution is 2.34. The highest BCUT2D eigenvalue weighted by molar-refractivity contribution is 14.0. The summed E-state index contributed by atoms with van der Waals surface area (Å²) in [6.07, 6.45) is 5.77. The number of rotatable bonds is 10. The fourth-order valence-electron chi connectivity index (χ4n) is 4.10. The summed E-state index contributed by atoms with van der Waals surface area (Å²) in [5.74, 6) is 1.26. The van der Waals surface area contributed by atoms with E-state index in [0.717, 1.165) is 45.4 Å². The summed E-state index contributed by atoms with van der Waals surface area (Å²) < 4.78 is 11.1. The van der Waals surface area contributed by atoms with Crippen molar-refractivity contribution in [1.82, 2.24) is 15.5 Å². The predicted molar refractivity (Wildman–Crippen MR) is 129 cm³/mol. The highest BCUT2D eigenvalue weighted by Gasteiger charge is 2.38.